The molecule has 0 bridgehead atoms. The van der Waals surface area contributed by atoms with Crippen molar-refractivity contribution in [1.82, 2.24) is 9.80 Å². The van der Waals surface area contributed by atoms with Crippen molar-refractivity contribution < 1.29 is 4.79 Å². The van der Waals surface area contributed by atoms with Crippen molar-refractivity contribution in [2.24, 2.45) is 5.92 Å². The van der Waals surface area contributed by atoms with Crippen LogP contribution in [0.2, 0.25) is 5.02 Å². The topological polar surface area (TPSA) is 23.6 Å². The van der Waals surface area contributed by atoms with E-state index in [9.17, 15) is 4.79 Å². The van der Waals surface area contributed by atoms with Gasteiger partial charge in [-0.05, 0) is 54.9 Å². The zero-order valence-electron chi connectivity index (χ0n) is 14.0. The van der Waals surface area contributed by atoms with E-state index in [-0.39, 0.29) is 5.54 Å². The molecule has 1 aromatic heterocycles. The monoisotopic (exact) mass is 372 g/mol. The van der Waals surface area contributed by atoms with E-state index in [2.05, 4.69) is 33.4 Å². The van der Waals surface area contributed by atoms with Crippen molar-refractivity contribution in [3.63, 3.8) is 0 Å². The van der Waals surface area contributed by atoms with Crippen molar-refractivity contribution in [2.45, 2.75) is 37.4 Å². The fraction of sp³-hybridized carbons (Fsp3) is 0.450. The molecule has 0 aliphatic carbocycles. The number of likely N-dealkylation sites (tertiary alicyclic amines) is 1. The molecule has 130 valence electrons. The van der Waals surface area contributed by atoms with E-state index < -0.39 is 0 Å². The maximum atomic E-state index is 13.4. The third-order valence-electron chi connectivity index (χ3n) is 6.26. The van der Waals surface area contributed by atoms with Gasteiger partial charge in [0.15, 0.2) is 0 Å². The molecule has 25 heavy (non-hydrogen) atoms. The molecule has 3 nitrogen and oxygen atoms in total. The molecule has 3 atom stereocenters. The first kappa shape index (κ1) is 15.9. The van der Waals surface area contributed by atoms with Gasteiger partial charge in [-0.1, -0.05) is 29.8 Å². The number of thiophene rings is 1. The molecule has 0 unspecified atom stereocenters. The summed E-state index contributed by atoms with van der Waals surface area (Å²) in [6.07, 6.45) is 3.26. The van der Waals surface area contributed by atoms with Crippen LogP contribution in [0.3, 0.4) is 0 Å². The van der Waals surface area contributed by atoms with Crippen LogP contribution in [-0.2, 0) is 11.3 Å². The first-order valence-electron chi connectivity index (χ1n) is 9.02. The smallest absolute Gasteiger partial charge is 0.243 e. The van der Waals surface area contributed by atoms with Gasteiger partial charge in [-0.2, -0.15) is 0 Å². The molecule has 2 aromatic rings. The number of amides is 1. The summed E-state index contributed by atoms with van der Waals surface area (Å²) in [4.78, 5) is 19.5. The lowest BCUT2D eigenvalue weighted by Crippen LogP contribution is -2.49. The summed E-state index contributed by atoms with van der Waals surface area (Å²) in [5.74, 6) is 0.794. The van der Waals surface area contributed by atoms with Crippen molar-refractivity contribution in [1.29, 1.82) is 0 Å². The van der Waals surface area contributed by atoms with E-state index in [1.807, 2.05) is 29.5 Å². The maximum Gasteiger partial charge on any atom is 0.243 e. The highest BCUT2D eigenvalue weighted by Gasteiger charge is 2.65. The quantitative estimate of drug-likeness (QED) is 0.800. The zero-order chi connectivity index (χ0) is 17.0. The predicted octanol–water partition coefficient (Wildman–Crippen LogP) is 4.34. The van der Waals surface area contributed by atoms with Gasteiger partial charge in [0.2, 0.25) is 5.91 Å². The summed E-state index contributed by atoms with van der Waals surface area (Å²) >= 11 is 7.95. The van der Waals surface area contributed by atoms with Gasteiger partial charge in [-0.25, -0.2) is 0 Å². The zero-order valence-corrected chi connectivity index (χ0v) is 15.6. The largest absolute Gasteiger partial charge is 0.336 e. The first-order chi connectivity index (χ1) is 12.2. The summed E-state index contributed by atoms with van der Waals surface area (Å²) in [6, 6.07) is 12.7. The van der Waals surface area contributed by atoms with Gasteiger partial charge >= 0.3 is 0 Å². The molecule has 0 N–H and O–H groups in total. The molecule has 3 saturated heterocycles. The van der Waals surface area contributed by atoms with E-state index in [0.717, 1.165) is 42.9 Å². The van der Waals surface area contributed by atoms with Crippen LogP contribution in [0, 0.1) is 5.92 Å². The molecule has 5 rings (SSSR count). The lowest BCUT2D eigenvalue weighted by molar-refractivity contribution is -0.137. The maximum absolute atomic E-state index is 13.4. The van der Waals surface area contributed by atoms with Crippen LogP contribution < -0.4 is 0 Å². The minimum absolute atomic E-state index is 0.243. The van der Waals surface area contributed by atoms with Gasteiger partial charge < -0.3 is 4.90 Å². The lowest BCUT2D eigenvalue weighted by atomic mass is 9.85. The molecule has 3 aliphatic heterocycles. The van der Waals surface area contributed by atoms with Crippen LogP contribution in [0.1, 0.15) is 35.7 Å². The highest BCUT2D eigenvalue weighted by Crippen LogP contribution is 2.56. The SMILES string of the molecule is O=C1N(Cc2cccc(Cl)c2)C[C@@H]2C[C@@H](c3cccs3)N3CCC[C@@]123. The Morgan fingerprint density at radius 2 is 2.20 bits per heavy atom. The Balaban J connectivity index is 1.43. The summed E-state index contributed by atoms with van der Waals surface area (Å²) in [7, 11) is 0. The van der Waals surface area contributed by atoms with E-state index in [1.165, 1.54) is 4.88 Å². The van der Waals surface area contributed by atoms with Crippen LogP contribution in [0.4, 0.5) is 0 Å². The molecule has 1 aromatic carbocycles. The molecule has 0 radical (unpaired) electrons. The molecule has 4 heterocycles. The first-order valence-corrected chi connectivity index (χ1v) is 10.3. The second kappa shape index (κ2) is 5.83. The van der Waals surface area contributed by atoms with Crippen LogP contribution in [0.5, 0.6) is 0 Å². The standard InChI is InChI=1S/C20H21ClN2OS/c21-16-5-1-4-14(10-16)12-22-13-15-11-17(18-6-2-9-25-18)23-8-3-7-20(15,23)19(22)24/h1-2,4-6,9-10,15,17H,3,7-8,11-13H2/t15-,17-,20-/m0/s1. The van der Waals surface area contributed by atoms with Crippen LogP contribution >= 0.6 is 22.9 Å². The molecule has 3 fully saturated rings. The minimum atomic E-state index is -0.243. The number of carbonyl (C=O) groups excluding carboxylic acids is 1. The van der Waals surface area contributed by atoms with Crippen molar-refractivity contribution in [3.05, 3.63) is 57.2 Å². The van der Waals surface area contributed by atoms with E-state index >= 15 is 0 Å². The highest BCUT2D eigenvalue weighted by atomic mass is 35.5. The summed E-state index contributed by atoms with van der Waals surface area (Å²) < 4.78 is 0. The predicted molar refractivity (Wildman–Crippen MR) is 101 cm³/mol. The van der Waals surface area contributed by atoms with Crippen LogP contribution in [0.25, 0.3) is 0 Å². The third-order valence-corrected chi connectivity index (χ3v) is 7.47. The van der Waals surface area contributed by atoms with E-state index in [4.69, 9.17) is 11.6 Å². The molecular formula is C20H21ClN2OS. The lowest BCUT2D eigenvalue weighted by Gasteiger charge is -2.33. The second-order valence-corrected chi connectivity index (χ2v) is 8.92. The van der Waals surface area contributed by atoms with Crippen LogP contribution in [0.15, 0.2) is 41.8 Å². The molecular weight excluding hydrogens is 352 g/mol. The Kier molecular flexibility index (Phi) is 3.70. The number of hydrogen-bond donors (Lipinski definition) is 0. The van der Waals surface area contributed by atoms with Crippen molar-refractivity contribution >= 4 is 28.8 Å². The number of halogens is 1. The minimum Gasteiger partial charge on any atom is -0.336 e. The van der Waals surface area contributed by atoms with Gasteiger partial charge in [-0.15, -0.1) is 11.3 Å². The fourth-order valence-electron chi connectivity index (χ4n) is 5.32. The fourth-order valence-corrected chi connectivity index (χ4v) is 6.39. The Bertz CT molecular complexity index is 808. The average molecular weight is 373 g/mol. The van der Waals surface area contributed by atoms with Crippen LogP contribution in [-0.4, -0.2) is 34.3 Å². The number of benzene rings is 1. The second-order valence-electron chi connectivity index (χ2n) is 7.50. The Labute approximate surface area is 157 Å². The summed E-state index contributed by atoms with van der Waals surface area (Å²) in [5.41, 5.74) is 0.879. The van der Waals surface area contributed by atoms with Gasteiger partial charge in [0.1, 0.15) is 5.54 Å². The number of rotatable bonds is 3. The normalized spacial score (nSPS) is 31.6. The van der Waals surface area contributed by atoms with Crippen molar-refractivity contribution in [2.75, 3.05) is 13.1 Å². The van der Waals surface area contributed by atoms with E-state index in [0.29, 0.717) is 24.4 Å². The van der Waals surface area contributed by atoms with Gasteiger partial charge in [0.25, 0.3) is 0 Å². The molecule has 5 heteroatoms. The van der Waals surface area contributed by atoms with Gasteiger partial charge in [-0.3, -0.25) is 9.69 Å². The summed E-state index contributed by atoms with van der Waals surface area (Å²) in [6.45, 7) is 2.61. The highest BCUT2D eigenvalue weighted by molar-refractivity contribution is 7.10. The molecule has 1 spiro atoms. The third kappa shape index (κ3) is 2.31. The Morgan fingerprint density at radius 3 is 3.00 bits per heavy atom. The average Bonchev–Trinajstić information content (AvgIpc) is 3.33. The Morgan fingerprint density at radius 1 is 1.28 bits per heavy atom. The number of carbonyl (C=O) groups is 1. The summed E-state index contributed by atoms with van der Waals surface area (Å²) in [5, 5.41) is 2.89. The van der Waals surface area contributed by atoms with Gasteiger partial charge in [0.05, 0.1) is 0 Å². The number of hydrogen-bond acceptors (Lipinski definition) is 3. The van der Waals surface area contributed by atoms with Crippen molar-refractivity contribution in [3.8, 4) is 0 Å². The van der Waals surface area contributed by atoms with Gasteiger partial charge in [0, 0.05) is 34.9 Å². The Hall–Kier alpha value is -1.36. The molecule has 1 amide bonds. The molecule has 3 aliphatic rings. The molecule has 0 saturated carbocycles. The number of nitrogens with zero attached hydrogens (tertiary/aromatic N) is 2. The van der Waals surface area contributed by atoms with E-state index in [1.54, 1.807) is 0 Å².